The third-order valence-corrected chi connectivity index (χ3v) is 2.96. The standard InChI is InChI=1S/C13H23N5O2/c1-11(18-9-5-8-16-18)13(20)17(3)10-12(19)15-7-4-6-14-2/h5,8-9,11,14H,4,6-7,10H2,1-3H3,(H,15,19). The molecule has 0 aliphatic rings. The summed E-state index contributed by atoms with van der Waals surface area (Å²) < 4.78 is 1.57. The van der Waals surface area contributed by atoms with E-state index in [9.17, 15) is 9.59 Å². The molecule has 0 spiro atoms. The fourth-order valence-electron chi connectivity index (χ4n) is 1.78. The van der Waals surface area contributed by atoms with Crippen molar-refractivity contribution < 1.29 is 9.59 Å². The molecular formula is C13H23N5O2. The van der Waals surface area contributed by atoms with Gasteiger partial charge in [-0.15, -0.1) is 0 Å². The maximum atomic E-state index is 12.1. The van der Waals surface area contributed by atoms with Crippen molar-refractivity contribution in [2.24, 2.45) is 0 Å². The number of carbonyl (C=O) groups is 2. The first kappa shape index (κ1) is 16.2. The average molecular weight is 281 g/mol. The molecule has 0 radical (unpaired) electrons. The SMILES string of the molecule is CNCCCNC(=O)CN(C)C(=O)C(C)n1cccn1. The van der Waals surface area contributed by atoms with Crippen LogP contribution in [0.15, 0.2) is 18.5 Å². The van der Waals surface area contributed by atoms with Crippen LogP contribution in [-0.4, -0.2) is 60.2 Å². The fourth-order valence-corrected chi connectivity index (χ4v) is 1.78. The third kappa shape index (κ3) is 5.00. The summed E-state index contributed by atoms with van der Waals surface area (Å²) in [7, 11) is 3.49. The number of rotatable bonds is 8. The molecule has 20 heavy (non-hydrogen) atoms. The monoisotopic (exact) mass is 281 g/mol. The highest BCUT2D eigenvalue weighted by atomic mass is 16.2. The van der Waals surface area contributed by atoms with Crippen LogP contribution >= 0.6 is 0 Å². The molecule has 1 atom stereocenters. The maximum absolute atomic E-state index is 12.1. The van der Waals surface area contributed by atoms with E-state index in [-0.39, 0.29) is 18.4 Å². The van der Waals surface area contributed by atoms with Crippen LogP contribution in [0.4, 0.5) is 0 Å². The zero-order valence-corrected chi connectivity index (χ0v) is 12.3. The molecule has 1 aromatic rings. The molecule has 0 saturated carbocycles. The van der Waals surface area contributed by atoms with Gasteiger partial charge in [0, 0.05) is 26.0 Å². The zero-order chi connectivity index (χ0) is 15.0. The van der Waals surface area contributed by atoms with Gasteiger partial charge in [-0.2, -0.15) is 5.10 Å². The number of nitrogens with zero attached hydrogens (tertiary/aromatic N) is 3. The summed E-state index contributed by atoms with van der Waals surface area (Å²) in [5.74, 6) is -0.288. The Kier molecular flexibility index (Phi) is 6.72. The first-order chi connectivity index (χ1) is 9.56. The first-order valence-electron chi connectivity index (χ1n) is 6.71. The van der Waals surface area contributed by atoms with Gasteiger partial charge in [0.05, 0.1) is 6.54 Å². The van der Waals surface area contributed by atoms with Crippen molar-refractivity contribution in [2.75, 3.05) is 33.7 Å². The summed E-state index contributed by atoms with van der Waals surface area (Å²) in [5, 5.41) is 9.82. The van der Waals surface area contributed by atoms with Gasteiger partial charge in [-0.05, 0) is 33.0 Å². The van der Waals surface area contributed by atoms with E-state index < -0.39 is 6.04 Å². The molecule has 0 aliphatic heterocycles. The van der Waals surface area contributed by atoms with Gasteiger partial charge in [0.25, 0.3) is 0 Å². The molecule has 1 rings (SSSR count). The van der Waals surface area contributed by atoms with E-state index in [2.05, 4.69) is 15.7 Å². The highest BCUT2D eigenvalue weighted by Crippen LogP contribution is 2.06. The minimum absolute atomic E-state index is 0.0595. The number of carbonyl (C=O) groups excluding carboxylic acids is 2. The highest BCUT2D eigenvalue weighted by Gasteiger charge is 2.20. The molecule has 1 unspecified atom stereocenters. The second-order valence-electron chi connectivity index (χ2n) is 4.66. The van der Waals surface area contributed by atoms with Crippen molar-refractivity contribution in [1.82, 2.24) is 25.3 Å². The molecule has 0 bridgehead atoms. The van der Waals surface area contributed by atoms with Gasteiger partial charge in [-0.1, -0.05) is 0 Å². The number of hydrogen-bond acceptors (Lipinski definition) is 4. The zero-order valence-electron chi connectivity index (χ0n) is 12.3. The van der Waals surface area contributed by atoms with Crippen molar-refractivity contribution in [1.29, 1.82) is 0 Å². The van der Waals surface area contributed by atoms with Crippen LogP contribution in [0.1, 0.15) is 19.4 Å². The van der Waals surface area contributed by atoms with Crippen molar-refractivity contribution in [2.45, 2.75) is 19.4 Å². The van der Waals surface area contributed by atoms with E-state index in [1.807, 2.05) is 7.05 Å². The van der Waals surface area contributed by atoms with Crippen LogP contribution in [-0.2, 0) is 9.59 Å². The molecule has 2 N–H and O–H groups in total. The van der Waals surface area contributed by atoms with Crippen LogP contribution in [0, 0.1) is 0 Å². The molecule has 0 fully saturated rings. The molecule has 1 heterocycles. The van der Waals surface area contributed by atoms with Gasteiger partial charge in [0.2, 0.25) is 11.8 Å². The van der Waals surface area contributed by atoms with E-state index in [1.165, 1.54) is 4.90 Å². The summed E-state index contributed by atoms with van der Waals surface area (Å²) in [6, 6.07) is 1.35. The van der Waals surface area contributed by atoms with E-state index in [1.54, 1.807) is 37.1 Å². The second kappa shape index (κ2) is 8.31. The number of nitrogens with one attached hydrogen (secondary N) is 2. The third-order valence-electron chi connectivity index (χ3n) is 2.96. The Morgan fingerprint density at radius 1 is 1.40 bits per heavy atom. The summed E-state index contributed by atoms with van der Waals surface area (Å²) in [5.41, 5.74) is 0. The Bertz CT molecular complexity index is 418. The highest BCUT2D eigenvalue weighted by molar-refractivity contribution is 5.86. The number of amides is 2. The molecule has 0 aromatic carbocycles. The van der Waals surface area contributed by atoms with Crippen LogP contribution in [0.5, 0.6) is 0 Å². The maximum Gasteiger partial charge on any atom is 0.247 e. The Balaban J connectivity index is 2.36. The Morgan fingerprint density at radius 2 is 2.15 bits per heavy atom. The van der Waals surface area contributed by atoms with Crippen LogP contribution in [0.25, 0.3) is 0 Å². The van der Waals surface area contributed by atoms with Gasteiger partial charge in [-0.3, -0.25) is 14.3 Å². The largest absolute Gasteiger partial charge is 0.355 e. The lowest BCUT2D eigenvalue weighted by molar-refractivity contribution is -0.137. The topological polar surface area (TPSA) is 79.3 Å². The smallest absolute Gasteiger partial charge is 0.247 e. The minimum Gasteiger partial charge on any atom is -0.355 e. The molecule has 7 heteroatoms. The number of likely N-dealkylation sites (N-methyl/N-ethyl adjacent to an activating group) is 1. The average Bonchev–Trinajstić information content (AvgIpc) is 2.96. The van der Waals surface area contributed by atoms with Gasteiger partial charge in [0.1, 0.15) is 6.04 Å². The lowest BCUT2D eigenvalue weighted by Crippen LogP contribution is -2.41. The fraction of sp³-hybridized carbons (Fsp3) is 0.615. The van der Waals surface area contributed by atoms with Crippen molar-refractivity contribution >= 4 is 11.8 Å². The Hall–Kier alpha value is -1.89. The first-order valence-corrected chi connectivity index (χ1v) is 6.71. The second-order valence-corrected chi connectivity index (χ2v) is 4.66. The quantitative estimate of drug-likeness (QED) is 0.637. The molecule has 0 aliphatic carbocycles. The van der Waals surface area contributed by atoms with Gasteiger partial charge in [-0.25, -0.2) is 0 Å². The molecule has 112 valence electrons. The number of hydrogen-bond donors (Lipinski definition) is 2. The van der Waals surface area contributed by atoms with E-state index >= 15 is 0 Å². The predicted molar refractivity (Wildman–Crippen MR) is 76.1 cm³/mol. The predicted octanol–water partition coefficient (Wildman–Crippen LogP) is -0.372. The van der Waals surface area contributed by atoms with Gasteiger partial charge >= 0.3 is 0 Å². The van der Waals surface area contributed by atoms with Crippen LogP contribution in [0.3, 0.4) is 0 Å². The van der Waals surface area contributed by atoms with Crippen molar-refractivity contribution in [3.63, 3.8) is 0 Å². The van der Waals surface area contributed by atoms with E-state index in [4.69, 9.17) is 0 Å². The lowest BCUT2D eigenvalue weighted by atomic mass is 10.3. The lowest BCUT2D eigenvalue weighted by Gasteiger charge is -2.21. The molecule has 0 saturated heterocycles. The molecule has 7 nitrogen and oxygen atoms in total. The molecule has 1 aromatic heterocycles. The number of aromatic nitrogens is 2. The summed E-state index contributed by atoms with van der Waals surface area (Å²) in [6.07, 6.45) is 4.22. The van der Waals surface area contributed by atoms with Gasteiger partial charge < -0.3 is 15.5 Å². The van der Waals surface area contributed by atoms with Gasteiger partial charge in [0.15, 0.2) is 0 Å². The molecule has 2 amide bonds. The van der Waals surface area contributed by atoms with Crippen molar-refractivity contribution in [3.8, 4) is 0 Å². The van der Waals surface area contributed by atoms with E-state index in [0.29, 0.717) is 6.54 Å². The van der Waals surface area contributed by atoms with Crippen LogP contribution < -0.4 is 10.6 Å². The summed E-state index contributed by atoms with van der Waals surface area (Å²) >= 11 is 0. The Labute approximate surface area is 119 Å². The Morgan fingerprint density at radius 3 is 2.75 bits per heavy atom. The minimum atomic E-state index is -0.410. The normalized spacial score (nSPS) is 11.9. The summed E-state index contributed by atoms with van der Waals surface area (Å²) in [6.45, 7) is 3.28. The van der Waals surface area contributed by atoms with E-state index in [0.717, 1.165) is 13.0 Å². The molecular weight excluding hydrogens is 258 g/mol. The summed E-state index contributed by atoms with van der Waals surface area (Å²) in [4.78, 5) is 25.2. The van der Waals surface area contributed by atoms with Crippen LogP contribution in [0.2, 0.25) is 0 Å². The van der Waals surface area contributed by atoms with Crippen molar-refractivity contribution in [3.05, 3.63) is 18.5 Å².